The van der Waals surface area contributed by atoms with Gasteiger partial charge in [0, 0.05) is 12.4 Å². The molecule has 5 nitrogen and oxygen atoms in total. The van der Waals surface area contributed by atoms with E-state index in [1.807, 2.05) is 12.1 Å². The Bertz CT molecular complexity index is 531. The third-order valence-corrected chi connectivity index (χ3v) is 2.04. The first-order valence-electron chi connectivity index (χ1n) is 4.81. The Morgan fingerprint density at radius 3 is 1.59 bits per heavy atom. The van der Waals surface area contributed by atoms with E-state index >= 15 is 0 Å². The normalized spacial score (nSPS) is 9.06. The second-order valence-electron chi connectivity index (χ2n) is 3.21. The maximum atomic E-state index is 8.62. The van der Waals surface area contributed by atoms with E-state index in [9.17, 15) is 0 Å². The summed E-state index contributed by atoms with van der Waals surface area (Å²) in [6.45, 7) is 0. The predicted octanol–water partition coefficient (Wildman–Crippen LogP) is 1.96. The molecule has 2 aromatic heterocycles. The number of nitrogens with zero attached hydrogens (tertiary/aromatic N) is 4. The monoisotopic (exact) mass is 221 g/mol. The van der Waals surface area contributed by atoms with Crippen molar-refractivity contribution in [3.05, 3.63) is 47.8 Å². The van der Waals surface area contributed by atoms with Crippen molar-refractivity contribution in [1.29, 1.82) is 10.5 Å². The molecule has 0 amide bonds. The quantitative estimate of drug-likeness (QED) is 0.837. The number of hydrogen-bond donors (Lipinski definition) is 1. The average molecular weight is 221 g/mol. The second-order valence-corrected chi connectivity index (χ2v) is 3.21. The van der Waals surface area contributed by atoms with Gasteiger partial charge < -0.3 is 5.32 Å². The fourth-order valence-corrected chi connectivity index (χ4v) is 1.20. The van der Waals surface area contributed by atoms with Gasteiger partial charge in [-0.05, 0) is 24.3 Å². The van der Waals surface area contributed by atoms with Crippen LogP contribution in [0.15, 0.2) is 36.7 Å². The summed E-state index contributed by atoms with van der Waals surface area (Å²) in [5.74, 6) is 1.20. The Hall–Kier alpha value is -2.92. The Kier molecular flexibility index (Phi) is 2.95. The van der Waals surface area contributed by atoms with Crippen LogP contribution in [0.1, 0.15) is 11.1 Å². The highest BCUT2D eigenvalue weighted by Crippen LogP contribution is 2.12. The Morgan fingerprint density at radius 1 is 0.824 bits per heavy atom. The minimum absolute atomic E-state index is 0.503. The molecule has 0 saturated carbocycles. The van der Waals surface area contributed by atoms with Crippen molar-refractivity contribution in [2.45, 2.75) is 0 Å². The van der Waals surface area contributed by atoms with Crippen molar-refractivity contribution in [2.24, 2.45) is 0 Å². The van der Waals surface area contributed by atoms with Gasteiger partial charge in [0.05, 0.1) is 11.1 Å². The number of anilines is 2. The lowest BCUT2D eigenvalue weighted by atomic mass is 10.3. The van der Waals surface area contributed by atoms with Crippen LogP contribution in [0.3, 0.4) is 0 Å². The molecule has 0 aliphatic heterocycles. The largest absolute Gasteiger partial charge is 0.325 e. The lowest BCUT2D eigenvalue weighted by Crippen LogP contribution is -1.95. The zero-order valence-electron chi connectivity index (χ0n) is 8.75. The first kappa shape index (κ1) is 10.6. The number of nitrogens with one attached hydrogen (secondary N) is 1. The average Bonchev–Trinajstić information content (AvgIpc) is 2.40. The van der Waals surface area contributed by atoms with Crippen LogP contribution in [0.2, 0.25) is 0 Å². The van der Waals surface area contributed by atoms with Crippen molar-refractivity contribution in [1.82, 2.24) is 9.97 Å². The second kappa shape index (κ2) is 4.73. The molecule has 5 heteroatoms. The zero-order chi connectivity index (χ0) is 12.1. The Labute approximate surface area is 98.0 Å². The van der Waals surface area contributed by atoms with Gasteiger partial charge in [-0.3, -0.25) is 0 Å². The summed E-state index contributed by atoms with van der Waals surface area (Å²) in [5.41, 5.74) is 1.01. The molecule has 0 radical (unpaired) electrons. The van der Waals surface area contributed by atoms with E-state index in [-0.39, 0.29) is 0 Å². The molecule has 0 aliphatic carbocycles. The van der Waals surface area contributed by atoms with Crippen LogP contribution in [-0.4, -0.2) is 9.97 Å². The van der Waals surface area contributed by atoms with E-state index in [2.05, 4.69) is 15.3 Å². The van der Waals surface area contributed by atoms with Crippen molar-refractivity contribution >= 4 is 11.6 Å². The van der Waals surface area contributed by atoms with Crippen molar-refractivity contribution in [2.75, 3.05) is 5.32 Å². The SMILES string of the molecule is N#Cc1ccc(Nc2ccc(C#N)cn2)nc1. The third kappa shape index (κ3) is 2.55. The van der Waals surface area contributed by atoms with Crippen LogP contribution in [0, 0.1) is 22.7 Å². The van der Waals surface area contributed by atoms with Gasteiger partial charge in [0.25, 0.3) is 0 Å². The summed E-state index contributed by atoms with van der Waals surface area (Å²) in [4.78, 5) is 8.10. The molecular formula is C12H7N5. The number of rotatable bonds is 2. The van der Waals surface area contributed by atoms with Gasteiger partial charge in [0.2, 0.25) is 0 Å². The minimum atomic E-state index is 0.503. The topological polar surface area (TPSA) is 85.4 Å². The Balaban J connectivity index is 2.14. The van der Waals surface area contributed by atoms with Gasteiger partial charge in [-0.2, -0.15) is 10.5 Å². The molecule has 17 heavy (non-hydrogen) atoms. The lowest BCUT2D eigenvalue weighted by molar-refractivity contribution is 1.24. The first-order valence-corrected chi connectivity index (χ1v) is 4.81. The zero-order valence-corrected chi connectivity index (χ0v) is 8.75. The highest BCUT2D eigenvalue weighted by atomic mass is 15.0. The molecule has 0 atom stereocenters. The summed E-state index contributed by atoms with van der Waals surface area (Å²) in [6.07, 6.45) is 2.96. The molecule has 80 valence electrons. The summed E-state index contributed by atoms with van der Waals surface area (Å²) < 4.78 is 0. The summed E-state index contributed by atoms with van der Waals surface area (Å²) in [5, 5.41) is 20.2. The molecule has 1 N–H and O–H groups in total. The molecule has 0 aliphatic rings. The number of hydrogen-bond acceptors (Lipinski definition) is 5. The van der Waals surface area contributed by atoms with E-state index < -0.39 is 0 Å². The van der Waals surface area contributed by atoms with Crippen LogP contribution in [0.4, 0.5) is 11.6 Å². The highest BCUT2D eigenvalue weighted by molar-refractivity contribution is 5.52. The Morgan fingerprint density at radius 2 is 1.29 bits per heavy atom. The molecule has 2 aromatic rings. The van der Waals surface area contributed by atoms with Crippen LogP contribution in [-0.2, 0) is 0 Å². The van der Waals surface area contributed by atoms with Crippen LogP contribution in [0.25, 0.3) is 0 Å². The van der Waals surface area contributed by atoms with Crippen molar-refractivity contribution < 1.29 is 0 Å². The summed E-state index contributed by atoms with van der Waals surface area (Å²) in [6, 6.07) is 10.7. The maximum Gasteiger partial charge on any atom is 0.131 e. The summed E-state index contributed by atoms with van der Waals surface area (Å²) in [7, 11) is 0. The first-order chi connectivity index (χ1) is 8.31. The lowest BCUT2D eigenvalue weighted by Gasteiger charge is -2.03. The molecule has 0 bridgehead atoms. The van der Waals surface area contributed by atoms with Crippen LogP contribution >= 0.6 is 0 Å². The van der Waals surface area contributed by atoms with Gasteiger partial charge in [-0.15, -0.1) is 0 Å². The van der Waals surface area contributed by atoms with Crippen LogP contribution < -0.4 is 5.32 Å². The number of nitriles is 2. The third-order valence-electron chi connectivity index (χ3n) is 2.04. The van der Waals surface area contributed by atoms with Gasteiger partial charge in [0.1, 0.15) is 23.8 Å². The molecule has 2 rings (SSSR count). The molecular weight excluding hydrogens is 214 g/mol. The van der Waals surface area contributed by atoms with E-state index in [1.54, 1.807) is 24.3 Å². The number of pyridine rings is 2. The summed E-state index contributed by atoms with van der Waals surface area (Å²) >= 11 is 0. The molecule has 0 aromatic carbocycles. The minimum Gasteiger partial charge on any atom is -0.325 e. The molecule has 0 unspecified atom stereocenters. The van der Waals surface area contributed by atoms with E-state index in [4.69, 9.17) is 10.5 Å². The molecule has 2 heterocycles. The fraction of sp³-hybridized carbons (Fsp3) is 0. The predicted molar refractivity (Wildman–Crippen MR) is 61.2 cm³/mol. The standard InChI is InChI=1S/C12H7N5/c13-5-9-1-3-11(15-7-9)17-12-4-2-10(6-14)8-16-12/h1-4,7-8H,(H,15,16,17). The molecule has 0 spiro atoms. The van der Waals surface area contributed by atoms with E-state index in [0.717, 1.165) is 0 Å². The van der Waals surface area contributed by atoms with Gasteiger partial charge in [-0.1, -0.05) is 0 Å². The van der Waals surface area contributed by atoms with Gasteiger partial charge in [-0.25, -0.2) is 9.97 Å². The van der Waals surface area contributed by atoms with Crippen LogP contribution in [0.5, 0.6) is 0 Å². The molecule has 0 saturated heterocycles. The van der Waals surface area contributed by atoms with Crippen molar-refractivity contribution in [3.63, 3.8) is 0 Å². The highest BCUT2D eigenvalue weighted by Gasteiger charge is 1.98. The fourth-order valence-electron chi connectivity index (χ4n) is 1.20. The van der Waals surface area contributed by atoms with Gasteiger partial charge in [0.15, 0.2) is 0 Å². The van der Waals surface area contributed by atoms with Gasteiger partial charge >= 0.3 is 0 Å². The number of aromatic nitrogens is 2. The van der Waals surface area contributed by atoms with E-state index in [0.29, 0.717) is 22.8 Å². The maximum absolute atomic E-state index is 8.62. The molecule has 0 fully saturated rings. The van der Waals surface area contributed by atoms with E-state index in [1.165, 1.54) is 12.4 Å². The smallest absolute Gasteiger partial charge is 0.131 e. The van der Waals surface area contributed by atoms with Crippen molar-refractivity contribution in [3.8, 4) is 12.1 Å².